The average Bonchev–Trinajstić information content (AvgIpc) is 3.01. The van der Waals surface area contributed by atoms with Gasteiger partial charge in [-0.1, -0.05) is 23.9 Å². The molecule has 136 valence electrons. The largest absolute Gasteiger partial charge is 0.493 e. The summed E-state index contributed by atoms with van der Waals surface area (Å²) in [6, 6.07) is 10.2. The molecule has 0 atom stereocenters. The predicted octanol–water partition coefficient (Wildman–Crippen LogP) is 3.42. The summed E-state index contributed by atoms with van der Waals surface area (Å²) in [6.07, 6.45) is 0. The lowest BCUT2D eigenvalue weighted by Gasteiger charge is -2.12. The Kier molecular flexibility index (Phi) is 5.32. The van der Waals surface area contributed by atoms with E-state index < -0.39 is 0 Å². The van der Waals surface area contributed by atoms with Crippen LogP contribution in [-0.4, -0.2) is 29.1 Å². The molecule has 0 bridgehead atoms. The first kappa shape index (κ1) is 18.1. The molecule has 0 aliphatic heterocycles. The first-order valence-corrected chi connectivity index (χ1v) is 8.83. The zero-order valence-corrected chi connectivity index (χ0v) is 15.5. The molecule has 2 N–H and O–H groups in total. The van der Waals surface area contributed by atoms with Crippen molar-refractivity contribution in [1.82, 2.24) is 14.9 Å². The second kappa shape index (κ2) is 7.65. The summed E-state index contributed by atoms with van der Waals surface area (Å²) < 4.78 is 25.9. The van der Waals surface area contributed by atoms with Crippen LogP contribution in [0.3, 0.4) is 0 Å². The highest BCUT2D eigenvalue weighted by Gasteiger charge is 2.16. The number of nitrogen functional groups attached to an aromatic ring is 1. The molecule has 0 fully saturated rings. The molecular weight excluding hydrogens is 355 g/mol. The van der Waals surface area contributed by atoms with Gasteiger partial charge in [0.05, 0.1) is 19.8 Å². The first-order valence-electron chi connectivity index (χ1n) is 7.84. The van der Waals surface area contributed by atoms with Crippen LogP contribution in [0.4, 0.5) is 4.39 Å². The highest BCUT2D eigenvalue weighted by molar-refractivity contribution is 7.98. The van der Waals surface area contributed by atoms with E-state index >= 15 is 0 Å². The van der Waals surface area contributed by atoms with Crippen LogP contribution in [0.5, 0.6) is 11.5 Å². The molecule has 0 saturated carbocycles. The SMILES string of the molecule is COc1cc(C)c(CSc2nnc(-c3ccccc3F)n2N)cc1OC. The Morgan fingerprint density at radius 3 is 2.50 bits per heavy atom. The van der Waals surface area contributed by atoms with Crippen LogP contribution in [-0.2, 0) is 5.75 Å². The average molecular weight is 374 g/mol. The Balaban J connectivity index is 1.82. The van der Waals surface area contributed by atoms with Crippen molar-refractivity contribution in [2.45, 2.75) is 17.8 Å². The summed E-state index contributed by atoms with van der Waals surface area (Å²) in [4.78, 5) is 0. The Labute approximate surface area is 155 Å². The minimum absolute atomic E-state index is 0.287. The number of benzene rings is 2. The molecule has 26 heavy (non-hydrogen) atoms. The van der Waals surface area contributed by atoms with Gasteiger partial charge in [-0.05, 0) is 42.3 Å². The van der Waals surface area contributed by atoms with Gasteiger partial charge >= 0.3 is 0 Å². The summed E-state index contributed by atoms with van der Waals surface area (Å²) in [7, 11) is 3.20. The Morgan fingerprint density at radius 2 is 1.81 bits per heavy atom. The third-order valence-corrected chi connectivity index (χ3v) is 4.97. The van der Waals surface area contributed by atoms with E-state index in [1.165, 1.54) is 22.5 Å². The van der Waals surface area contributed by atoms with Gasteiger partial charge in [0.1, 0.15) is 5.82 Å². The van der Waals surface area contributed by atoms with Crippen molar-refractivity contribution in [3.8, 4) is 22.9 Å². The third-order valence-electron chi connectivity index (χ3n) is 3.98. The van der Waals surface area contributed by atoms with E-state index in [4.69, 9.17) is 15.3 Å². The van der Waals surface area contributed by atoms with E-state index in [2.05, 4.69) is 10.2 Å². The number of aryl methyl sites for hydroxylation is 1. The quantitative estimate of drug-likeness (QED) is 0.526. The third kappa shape index (κ3) is 3.45. The number of aromatic nitrogens is 3. The summed E-state index contributed by atoms with van der Waals surface area (Å²) in [5, 5.41) is 8.61. The summed E-state index contributed by atoms with van der Waals surface area (Å²) in [5.41, 5.74) is 2.44. The minimum Gasteiger partial charge on any atom is -0.493 e. The molecule has 0 saturated heterocycles. The summed E-state index contributed by atoms with van der Waals surface area (Å²) in [6.45, 7) is 2.00. The standard InChI is InChI=1S/C18H19FN4O2S/c1-11-8-15(24-2)16(25-3)9-12(11)10-26-18-22-21-17(23(18)20)13-6-4-5-7-14(13)19/h4-9H,10,20H2,1-3H3. The van der Waals surface area contributed by atoms with Crippen molar-refractivity contribution in [2.24, 2.45) is 0 Å². The molecule has 0 unspecified atom stereocenters. The zero-order valence-electron chi connectivity index (χ0n) is 14.7. The Hall–Kier alpha value is -2.74. The molecule has 0 radical (unpaired) electrons. The topological polar surface area (TPSA) is 75.2 Å². The van der Waals surface area contributed by atoms with E-state index in [9.17, 15) is 4.39 Å². The molecule has 2 aromatic carbocycles. The Morgan fingerprint density at radius 1 is 1.12 bits per heavy atom. The molecule has 0 amide bonds. The lowest BCUT2D eigenvalue weighted by molar-refractivity contribution is 0.354. The molecule has 1 heterocycles. The summed E-state index contributed by atoms with van der Waals surface area (Å²) >= 11 is 1.41. The molecule has 0 aliphatic carbocycles. The highest BCUT2D eigenvalue weighted by atomic mass is 32.2. The van der Waals surface area contributed by atoms with Crippen LogP contribution in [0.25, 0.3) is 11.4 Å². The molecule has 6 nitrogen and oxygen atoms in total. The molecule has 0 aliphatic rings. The second-order valence-electron chi connectivity index (χ2n) is 5.58. The Bertz CT molecular complexity index is 930. The fourth-order valence-electron chi connectivity index (χ4n) is 2.52. The van der Waals surface area contributed by atoms with Crippen molar-refractivity contribution < 1.29 is 13.9 Å². The second-order valence-corrected chi connectivity index (χ2v) is 6.52. The van der Waals surface area contributed by atoms with Crippen molar-refractivity contribution in [1.29, 1.82) is 0 Å². The van der Waals surface area contributed by atoms with Gasteiger partial charge in [0, 0.05) is 5.75 Å². The molecule has 8 heteroatoms. The number of hydrogen-bond donors (Lipinski definition) is 1. The van der Waals surface area contributed by atoms with Crippen LogP contribution in [0, 0.1) is 12.7 Å². The number of rotatable bonds is 6. The fourth-order valence-corrected chi connectivity index (χ4v) is 3.44. The minimum atomic E-state index is -0.390. The zero-order chi connectivity index (χ0) is 18.7. The first-order chi connectivity index (χ1) is 12.5. The maximum absolute atomic E-state index is 14.0. The van der Waals surface area contributed by atoms with Crippen molar-refractivity contribution in [2.75, 3.05) is 20.1 Å². The van der Waals surface area contributed by atoms with E-state index in [1.807, 2.05) is 19.1 Å². The molecular formula is C18H19FN4O2S. The van der Waals surface area contributed by atoms with Crippen LogP contribution in [0.15, 0.2) is 41.6 Å². The smallest absolute Gasteiger partial charge is 0.210 e. The number of hydrogen-bond acceptors (Lipinski definition) is 6. The maximum atomic E-state index is 14.0. The normalized spacial score (nSPS) is 10.8. The van der Waals surface area contributed by atoms with Gasteiger partial charge in [0.25, 0.3) is 0 Å². The van der Waals surface area contributed by atoms with E-state index in [-0.39, 0.29) is 11.6 Å². The molecule has 3 rings (SSSR count). The molecule has 3 aromatic rings. The molecule has 0 spiro atoms. The van der Waals surface area contributed by atoms with E-state index in [0.717, 1.165) is 11.1 Å². The van der Waals surface area contributed by atoms with Gasteiger partial charge in [0.15, 0.2) is 17.3 Å². The maximum Gasteiger partial charge on any atom is 0.210 e. The van der Waals surface area contributed by atoms with Crippen LogP contribution in [0.2, 0.25) is 0 Å². The number of thioether (sulfide) groups is 1. The number of nitrogens with two attached hydrogens (primary N) is 1. The number of halogens is 1. The summed E-state index contributed by atoms with van der Waals surface area (Å²) in [5.74, 6) is 7.92. The van der Waals surface area contributed by atoms with Gasteiger partial charge in [-0.15, -0.1) is 10.2 Å². The lowest BCUT2D eigenvalue weighted by Crippen LogP contribution is -2.12. The lowest BCUT2D eigenvalue weighted by atomic mass is 10.1. The van der Waals surface area contributed by atoms with Gasteiger partial charge in [-0.25, -0.2) is 9.07 Å². The van der Waals surface area contributed by atoms with Gasteiger partial charge in [0.2, 0.25) is 5.16 Å². The molecule has 1 aromatic heterocycles. The van der Waals surface area contributed by atoms with Gasteiger partial charge in [-0.3, -0.25) is 0 Å². The monoisotopic (exact) mass is 374 g/mol. The highest BCUT2D eigenvalue weighted by Crippen LogP contribution is 2.33. The number of methoxy groups -OCH3 is 2. The van der Waals surface area contributed by atoms with Crippen LogP contribution < -0.4 is 15.3 Å². The predicted molar refractivity (Wildman–Crippen MR) is 99.4 cm³/mol. The van der Waals surface area contributed by atoms with Crippen LogP contribution >= 0.6 is 11.8 Å². The number of nitrogens with zero attached hydrogens (tertiary/aromatic N) is 3. The van der Waals surface area contributed by atoms with Crippen molar-refractivity contribution in [3.63, 3.8) is 0 Å². The van der Waals surface area contributed by atoms with E-state index in [1.54, 1.807) is 32.4 Å². The number of ether oxygens (including phenoxy) is 2. The van der Waals surface area contributed by atoms with Crippen LogP contribution in [0.1, 0.15) is 11.1 Å². The fraction of sp³-hybridized carbons (Fsp3) is 0.222. The van der Waals surface area contributed by atoms with Crippen molar-refractivity contribution >= 4 is 11.8 Å². The van der Waals surface area contributed by atoms with Crippen molar-refractivity contribution in [3.05, 3.63) is 53.3 Å². The van der Waals surface area contributed by atoms with E-state index in [0.29, 0.717) is 28.0 Å². The van der Waals surface area contributed by atoms with Gasteiger partial charge in [-0.2, -0.15) is 0 Å². The van der Waals surface area contributed by atoms with Gasteiger partial charge < -0.3 is 15.3 Å².